The fourth-order valence-corrected chi connectivity index (χ4v) is 3.08. The molecule has 0 aliphatic carbocycles. The van der Waals surface area contributed by atoms with E-state index in [1.165, 1.54) is 5.56 Å². The second-order valence-corrected chi connectivity index (χ2v) is 7.52. The van der Waals surface area contributed by atoms with Crippen molar-refractivity contribution in [1.29, 1.82) is 0 Å². The molecule has 3 heteroatoms. The van der Waals surface area contributed by atoms with Crippen molar-refractivity contribution in [2.45, 2.75) is 26.2 Å². The highest BCUT2D eigenvalue weighted by Gasteiger charge is 2.18. The highest BCUT2D eigenvalue weighted by atomic mass is 16.3. The fraction of sp³-hybridized carbons (Fsp3) is 0.174. The summed E-state index contributed by atoms with van der Waals surface area (Å²) in [5.74, 6) is 0.614. The van der Waals surface area contributed by atoms with Crippen molar-refractivity contribution in [2.24, 2.45) is 0 Å². The van der Waals surface area contributed by atoms with Crippen LogP contribution in [-0.2, 0) is 5.41 Å². The fourth-order valence-electron chi connectivity index (χ4n) is 3.08. The summed E-state index contributed by atoms with van der Waals surface area (Å²) >= 11 is 0. The van der Waals surface area contributed by atoms with Crippen molar-refractivity contribution in [3.8, 4) is 28.3 Å². The van der Waals surface area contributed by atoms with Crippen molar-refractivity contribution in [1.82, 2.24) is 4.98 Å². The lowest BCUT2D eigenvalue weighted by atomic mass is 9.87. The van der Waals surface area contributed by atoms with Gasteiger partial charge in [-0.05, 0) is 34.7 Å². The van der Waals surface area contributed by atoms with Crippen molar-refractivity contribution in [3.63, 3.8) is 0 Å². The maximum atomic E-state index is 10.8. The number of rotatable bonds is 2. The first-order chi connectivity index (χ1) is 12.4. The second kappa shape index (κ2) is 6.03. The number of phenols is 1. The maximum absolute atomic E-state index is 10.8. The molecule has 0 fully saturated rings. The number of benzene rings is 3. The van der Waals surface area contributed by atoms with E-state index in [0.717, 1.165) is 22.2 Å². The van der Waals surface area contributed by atoms with E-state index in [4.69, 9.17) is 4.42 Å². The predicted molar refractivity (Wildman–Crippen MR) is 105 cm³/mol. The molecule has 0 saturated heterocycles. The van der Waals surface area contributed by atoms with Crippen LogP contribution in [0.5, 0.6) is 5.75 Å². The van der Waals surface area contributed by atoms with E-state index in [9.17, 15) is 5.11 Å². The predicted octanol–water partition coefficient (Wildman–Crippen LogP) is 6.16. The van der Waals surface area contributed by atoms with Crippen LogP contribution in [0.25, 0.3) is 33.7 Å². The number of fused-ring (bicyclic) bond motifs is 1. The Morgan fingerprint density at radius 2 is 1.58 bits per heavy atom. The molecule has 1 aromatic heterocycles. The molecule has 1 heterocycles. The monoisotopic (exact) mass is 343 g/mol. The molecule has 0 atom stereocenters. The SMILES string of the molecule is CC(C)(C)c1ccc2oc(-c3cccc(-c4ccccc4)c3O)nc2c1. The third-order valence-electron chi connectivity index (χ3n) is 4.60. The molecular formula is C23H21NO2. The summed E-state index contributed by atoms with van der Waals surface area (Å²) in [4.78, 5) is 4.63. The highest BCUT2D eigenvalue weighted by molar-refractivity contribution is 5.83. The zero-order valence-electron chi connectivity index (χ0n) is 15.2. The van der Waals surface area contributed by atoms with E-state index in [1.54, 1.807) is 0 Å². The van der Waals surface area contributed by atoms with Gasteiger partial charge >= 0.3 is 0 Å². The molecule has 0 amide bonds. The molecular weight excluding hydrogens is 322 g/mol. The summed E-state index contributed by atoms with van der Waals surface area (Å²) in [6.45, 7) is 6.51. The lowest BCUT2D eigenvalue weighted by Gasteiger charge is -2.18. The normalized spacial score (nSPS) is 11.8. The van der Waals surface area contributed by atoms with Crippen LogP contribution in [0, 0.1) is 0 Å². The Hall–Kier alpha value is -3.07. The molecule has 26 heavy (non-hydrogen) atoms. The Balaban J connectivity index is 1.83. The van der Waals surface area contributed by atoms with E-state index in [2.05, 4.69) is 37.9 Å². The largest absolute Gasteiger partial charge is 0.506 e. The first-order valence-corrected chi connectivity index (χ1v) is 8.72. The topological polar surface area (TPSA) is 46.3 Å². The quantitative estimate of drug-likeness (QED) is 0.474. The molecule has 0 aliphatic rings. The standard InChI is InChI=1S/C23H21NO2/c1-23(2,3)16-12-13-20-19(14-16)24-22(26-20)18-11-7-10-17(21(18)25)15-8-5-4-6-9-15/h4-14,25H,1-3H3. The average molecular weight is 343 g/mol. The van der Waals surface area contributed by atoms with Crippen molar-refractivity contribution >= 4 is 11.1 Å². The van der Waals surface area contributed by atoms with Crippen molar-refractivity contribution in [3.05, 3.63) is 72.3 Å². The number of oxazole rings is 1. The number of nitrogens with zero attached hydrogens (tertiary/aromatic N) is 1. The van der Waals surface area contributed by atoms with Gasteiger partial charge in [0.1, 0.15) is 11.3 Å². The molecule has 0 bridgehead atoms. The van der Waals surface area contributed by atoms with E-state index in [1.807, 2.05) is 54.6 Å². The van der Waals surface area contributed by atoms with Crippen LogP contribution in [-0.4, -0.2) is 10.1 Å². The van der Waals surface area contributed by atoms with Crippen LogP contribution in [0.2, 0.25) is 0 Å². The van der Waals surface area contributed by atoms with Crippen LogP contribution in [0.15, 0.2) is 71.1 Å². The molecule has 4 rings (SSSR count). The van der Waals surface area contributed by atoms with Gasteiger partial charge in [0.15, 0.2) is 5.58 Å². The summed E-state index contributed by atoms with van der Waals surface area (Å²) in [7, 11) is 0. The third-order valence-corrected chi connectivity index (χ3v) is 4.60. The van der Waals surface area contributed by atoms with Gasteiger partial charge in [-0.2, -0.15) is 0 Å². The van der Waals surface area contributed by atoms with Gasteiger partial charge in [0.2, 0.25) is 5.89 Å². The average Bonchev–Trinajstić information content (AvgIpc) is 3.05. The van der Waals surface area contributed by atoms with Crippen LogP contribution in [0.3, 0.4) is 0 Å². The summed E-state index contributed by atoms with van der Waals surface area (Å²) in [5, 5.41) is 10.8. The van der Waals surface area contributed by atoms with Gasteiger partial charge in [0.05, 0.1) is 5.56 Å². The number of hydrogen-bond donors (Lipinski definition) is 1. The van der Waals surface area contributed by atoms with Crippen LogP contribution < -0.4 is 0 Å². The molecule has 4 aromatic rings. The smallest absolute Gasteiger partial charge is 0.231 e. The second-order valence-electron chi connectivity index (χ2n) is 7.52. The Bertz CT molecular complexity index is 1070. The summed E-state index contributed by atoms with van der Waals surface area (Å²) in [6.07, 6.45) is 0. The zero-order chi connectivity index (χ0) is 18.3. The Morgan fingerprint density at radius 1 is 0.846 bits per heavy atom. The minimum atomic E-state index is 0.0443. The maximum Gasteiger partial charge on any atom is 0.231 e. The van der Waals surface area contributed by atoms with Gasteiger partial charge < -0.3 is 9.52 Å². The van der Waals surface area contributed by atoms with Crippen LogP contribution in [0.1, 0.15) is 26.3 Å². The molecule has 0 saturated carbocycles. The molecule has 0 radical (unpaired) electrons. The Kier molecular flexibility index (Phi) is 3.80. The van der Waals surface area contributed by atoms with E-state index < -0.39 is 0 Å². The summed E-state index contributed by atoms with van der Waals surface area (Å²) < 4.78 is 5.92. The minimum Gasteiger partial charge on any atom is -0.506 e. The van der Waals surface area contributed by atoms with Crippen molar-refractivity contribution < 1.29 is 9.52 Å². The van der Waals surface area contributed by atoms with E-state index in [0.29, 0.717) is 11.5 Å². The summed E-state index contributed by atoms with van der Waals surface area (Å²) in [5.41, 5.74) is 5.09. The van der Waals surface area contributed by atoms with E-state index in [-0.39, 0.29) is 11.2 Å². The first-order valence-electron chi connectivity index (χ1n) is 8.72. The molecule has 3 aromatic carbocycles. The molecule has 130 valence electrons. The van der Waals surface area contributed by atoms with Gasteiger partial charge in [-0.25, -0.2) is 4.98 Å². The van der Waals surface area contributed by atoms with Gasteiger partial charge in [0, 0.05) is 5.56 Å². The van der Waals surface area contributed by atoms with Crippen LogP contribution in [0.4, 0.5) is 0 Å². The Morgan fingerprint density at radius 3 is 2.31 bits per heavy atom. The number of hydrogen-bond acceptors (Lipinski definition) is 3. The number of para-hydroxylation sites is 1. The lowest BCUT2D eigenvalue weighted by Crippen LogP contribution is -2.10. The van der Waals surface area contributed by atoms with Crippen LogP contribution >= 0.6 is 0 Å². The van der Waals surface area contributed by atoms with Crippen molar-refractivity contribution in [2.75, 3.05) is 0 Å². The number of phenolic OH excluding ortho intramolecular Hbond substituents is 1. The first kappa shape index (κ1) is 16.4. The molecule has 3 nitrogen and oxygen atoms in total. The molecule has 0 spiro atoms. The molecule has 1 N–H and O–H groups in total. The van der Waals surface area contributed by atoms with Gasteiger partial charge in [-0.1, -0.05) is 69.3 Å². The molecule has 0 unspecified atom stereocenters. The number of aromatic nitrogens is 1. The zero-order valence-corrected chi connectivity index (χ0v) is 15.2. The number of aromatic hydroxyl groups is 1. The lowest BCUT2D eigenvalue weighted by molar-refractivity contribution is 0.476. The minimum absolute atomic E-state index is 0.0443. The van der Waals surface area contributed by atoms with Gasteiger partial charge in [-0.3, -0.25) is 0 Å². The Labute approximate surface area is 152 Å². The third kappa shape index (κ3) is 2.86. The van der Waals surface area contributed by atoms with Gasteiger partial charge in [0.25, 0.3) is 0 Å². The highest BCUT2D eigenvalue weighted by Crippen LogP contribution is 2.38. The van der Waals surface area contributed by atoms with Gasteiger partial charge in [-0.15, -0.1) is 0 Å². The van der Waals surface area contributed by atoms with E-state index >= 15 is 0 Å². The summed E-state index contributed by atoms with van der Waals surface area (Å²) in [6, 6.07) is 21.5. The molecule has 0 aliphatic heterocycles.